The lowest BCUT2D eigenvalue weighted by Crippen LogP contribution is -2.07. The maximum atomic E-state index is 5.98. The number of methoxy groups -OCH3 is 2. The summed E-state index contributed by atoms with van der Waals surface area (Å²) < 4.78 is 22.4. The summed E-state index contributed by atoms with van der Waals surface area (Å²) in [6.45, 7) is 0.0963. The third-order valence-electron chi connectivity index (χ3n) is 5.85. The number of ether oxygens (including phenoxy) is 4. The van der Waals surface area contributed by atoms with Crippen LogP contribution >= 0.6 is 0 Å². The molecule has 0 atom stereocenters. The molecule has 0 aliphatic rings. The number of hydrogen-bond donors (Lipinski definition) is 0. The summed E-state index contributed by atoms with van der Waals surface area (Å²) in [7, 11) is 3.33. The van der Waals surface area contributed by atoms with Gasteiger partial charge in [-0.15, -0.1) is 0 Å². The quantitative estimate of drug-likeness (QED) is 0.140. The van der Waals surface area contributed by atoms with Crippen molar-refractivity contribution >= 4 is 24.3 Å². The highest BCUT2D eigenvalue weighted by Crippen LogP contribution is 2.23. The van der Waals surface area contributed by atoms with E-state index in [-0.39, 0.29) is 6.79 Å². The van der Waals surface area contributed by atoms with Gasteiger partial charge in [0.25, 0.3) is 0 Å². The number of para-hydroxylation sites is 2. The van der Waals surface area contributed by atoms with E-state index in [1.807, 2.05) is 146 Å². The Balaban J connectivity index is 1.32. The average molecular weight is 517 g/mol. The van der Waals surface area contributed by atoms with Gasteiger partial charge in [-0.05, 0) is 47.5 Å². The number of hydrogen-bond acceptors (Lipinski definition) is 4. The summed E-state index contributed by atoms with van der Waals surface area (Å²) in [4.78, 5) is 0. The minimum absolute atomic E-state index is 0.0963. The standard InChI is InChI=1S/C35H32O4/c1-36-32-23-19-28(20-24-32)11-3-5-13-30-15-7-9-17-34(30)38-27-39-35-18-10-8-16-31(35)14-6-4-12-29-21-25-33(37-2)26-22-29/h3-26H,27H2,1-2H3/b11-3+,12-4+,13-5+,14-6+. The molecule has 4 aromatic rings. The number of allylic oxidation sites excluding steroid dienone is 4. The van der Waals surface area contributed by atoms with Crippen molar-refractivity contribution in [3.8, 4) is 23.0 Å². The summed E-state index contributed by atoms with van der Waals surface area (Å²) in [5.74, 6) is 3.19. The first-order valence-corrected chi connectivity index (χ1v) is 12.7. The molecule has 4 heteroatoms. The Kier molecular flexibility index (Phi) is 10.2. The van der Waals surface area contributed by atoms with Crippen molar-refractivity contribution in [1.29, 1.82) is 0 Å². The van der Waals surface area contributed by atoms with Crippen LogP contribution in [0.25, 0.3) is 24.3 Å². The Morgan fingerprint density at radius 3 is 1.26 bits per heavy atom. The molecule has 0 bridgehead atoms. The number of rotatable bonds is 12. The van der Waals surface area contributed by atoms with E-state index in [0.717, 1.165) is 45.3 Å². The first-order valence-electron chi connectivity index (χ1n) is 12.7. The van der Waals surface area contributed by atoms with Gasteiger partial charge < -0.3 is 18.9 Å². The van der Waals surface area contributed by atoms with Crippen LogP contribution in [-0.4, -0.2) is 21.0 Å². The van der Waals surface area contributed by atoms with E-state index in [1.54, 1.807) is 14.2 Å². The molecule has 39 heavy (non-hydrogen) atoms. The van der Waals surface area contributed by atoms with Crippen molar-refractivity contribution < 1.29 is 18.9 Å². The maximum Gasteiger partial charge on any atom is 0.230 e. The second-order valence-corrected chi connectivity index (χ2v) is 8.46. The highest BCUT2D eigenvalue weighted by Gasteiger charge is 2.03. The van der Waals surface area contributed by atoms with Crippen molar-refractivity contribution in [2.75, 3.05) is 21.0 Å². The Hall–Kier alpha value is -4.96. The minimum Gasteiger partial charge on any atom is -0.497 e. The van der Waals surface area contributed by atoms with Gasteiger partial charge >= 0.3 is 0 Å². The van der Waals surface area contributed by atoms with Gasteiger partial charge in [0.2, 0.25) is 6.79 Å². The minimum atomic E-state index is 0.0963. The predicted molar refractivity (Wildman–Crippen MR) is 161 cm³/mol. The molecule has 196 valence electrons. The fourth-order valence-corrected chi connectivity index (χ4v) is 3.74. The summed E-state index contributed by atoms with van der Waals surface area (Å²) in [5.41, 5.74) is 4.14. The van der Waals surface area contributed by atoms with E-state index >= 15 is 0 Å². The summed E-state index contributed by atoms with van der Waals surface area (Å²) in [5, 5.41) is 0. The van der Waals surface area contributed by atoms with Crippen molar-refractivity contribution in [3.05, 3.63) is 144 Å². The molecule has 4 aromatic carbocycles. The highest BCUT2D eigenvalue weighted by molar-refractivity contribution is 5.62. The van der Waals surface area contributed by atoms with Gasteiger partial charge in [0.05, 0.1) is 14.2 Å². The van der Waals surface area contributed by atoms with Crippen molar-refractivity contribution in [1.82, 2.24) is 0 Å². The molecular weight excluding hydrogens is 484 g/mol. The molecule has 0 amide bonds. The molecule has 0 heterocycles. The molecule has 0 aliphatic carbocycles. The average Bonchev–Trinajstić information content (AvgIpc) is 2.99. The fourth-order valence-electron chi connectivity index (χ4n) is 3.74. The summed E-state index contributed by atoms with van der Waals surface area (Å²) >= 11 is 0. The van der Waals surface area contributed by atoms with Crippen LogP contribution in [0.3, 0.4) is 0 Å². The van der Waals surface area contributed by atoms with Gasteiger partial charge in [-0.3, -0.25) is 0 Å². The second kappa shape index (κ2) is 14.7. The van der Waals surface area contributed by atoms with Gasteiger partial charge in [0, 0.05) is 11.1 Å². The van der Waals surface area contributed by atoms with Gasteiger partial charge in [-0.2, -0.15) is 0 Å². The van der Waals surface area contributed by atoms with Crippen molar-refractivity contribution in [3.63, 3.8) is 0 Å². The van der Waals surface area contributed by atoms with Crippen LogP contribution in [0.5, 0.6) is 23.0 Å². The van der Waals surface area contributed by atoms with Crippen LogP contribution in [-0.2, 0) is 0 Å². The summed E-state index contributed by atoms with van der Waals surface area (Å²) in [6, 6.07) is 31.6. The van der Waals surface area contributed by atoms with E-state index in [9.17, 15) is 0 Å². The smallest absolute Gasteiger partial charge is 0.230 e. The van der Waals surface area contributed by atoms with E-state index < -0.39 is 0 Å². The van der Waals surface area contributed by atoms with Gasteiger partial charge in [-0.1, -0.05) is 109 Å². The monoisotopic (exact) mass is 516 g/mol. The van der Waals surface area contributed by atoms with Crippen LogP contribution in [0.1, 0.15) is 22.3 Å². The largest absolute Gasteiger partial charge is 0.497 e. The van der Waals surface area contributed by atoms with Gasteiger partial charge in [0.1, 0.15) is 23.0 Å². The molecule has 0 aliphatic heterocycles. The second-order valence-electron chi connectivity index (χ2n) is 8.46. The van der Waals surface area contributed by atoms with Crippen LogP contribution in [0.2, 0.25) is 0 Å². The molecule has 0 spiro atoms. The zero-order valence-corrected chi connectivity index (χ0v) is 22.2. The van der Waals surface area contributed by atoms with Crippen molar-refractivity contribution in [2.24, 2.45) is 0 Å². The maximum absolute atomic E-state index is 5.98. The van der Waals surface area contributed by atoms with Crippen LogP contribution < -0.4 is 18.9 Å². The first-order chi connectivity index (χ1) is 19.2. The Morgan fingerprint density at radius 1 is 0.462 bits per heavy atom. The first kappa shape index (κ1) is 27.1. The molecule has 0 radical (unpaired) electrons. The van der Waals surface area contributed by atoms with E-state index in [2.05, 4.69) is 0 Å². The molecule has 4 rings (SSSR count). The third kappa shape index (κ3) is 8.54. The Labute approximate surface area is 230 Å². The molecule has 0 N–H and O–H groups in total. The lowest BCUT2D eigenvalue weighted by molar-refractivity contribution is 0.119. The van der Waals surface area contributed by atoms with E-state index in [1.165, 1.54) is 0 Å². The topological polar surface area (TPSA) is 36.9 Å². The molecule has 0 saturated heterocycles. The molecule has 0 unspecified atom stereocenters. The summed E-state index contributed by atoms with van der Waals surface area (Å²) in [6.07, 6.45) is 16.1. The predicted octanol–water partition coefficient (Wildman–Crippen LogP) is 8.57. The Bertz CT molecular complexity index is 1320. The third-order valence-corrected chi connectivity index (χ3v) is 5.85. The SMILES string of the molecule is COc1ccc(/C=C/C=C/c2ccccc2OCOc2ccccc2/C=C/C=C/c2ccc(OC)cc2)cc1. The van der Waals surface area contributed by atoms with Crippen molar-refractivity contribution in [2.45, 2.75) is 0 Å². The zero-order chi connectivity index (χ0) is 27.1. The zero-order valence-electron chi connectivity index (χ0n) is 22.2. The van der Waals surface area contributed by atoms with Gasteiger partial charge in [0.15, 0.2) is 0 Å². The van der Waals surface area contributed by atoms with Crippen LogP contribution in [0.15, 0.2) is 121 Å². The Morgan fingerprint density at radius 2 is 0.846 bits per heavy atom. The van der Waals surface area contributed by atoms with Gasteiger partial charge in [-0.25, -0.2) is 0 Å². The molecule has 0 aromatic heterocycles. The fraction of sp³-hybridized carbons (Fsp3) is 0.0857. The lowest BCUT2D eigenvalue weighted by Gasteiger charge is -2.12. The molecular formula is C35H32O4. The number of benzene rings is 4. The highest BCUT2D eigenvalue weighted by atomic mass is 16.7. The van der Waals surface area contributed by atoms with E-state index in [0.29, 0.717) is 0 Å². The normalized spacial score (nSPS) is 11.5. The van der Waals surface area contributed by atoms with Crippen LogP contribution in [0.4, 0.5) is 0 Å². The molecule has 0 saturated carbocycles. The molecule has 4 nitrogen and oxygen atoms in total. The van der Waals surface area contributed by atoms with Crippen LogP contribution in [0, 0.1) is 0 Å². The lowest BCUT2D eigenvalue weighted by atomic mass is 10.1. The van der Waals surface area contributed by atoms with E-state index in [4.69, 9.17) is 18.9 Å². The molecule has 0 fully saturated rings.